The van der Waals surface area contributed by atoms with Gasteiger partial charge in [0.2, 0.25) is 5.91 Å². The third-order valence-corrected chi connectivity index (χ3v) is 3.83. The Hall–Kier alpha value is -0.610. The second-order valence-electron chi connectivity index (χ2n) is 5.01. The molecule has 0 saturated heterocycles. The fourth-order valence-corrected chi connectivity index (χ4v) is 2.43. The number of rotatable bonds is 6. The van der Waals surface area contributed by atoms with Gasteiger partial charge in [0.05, 0.1) is 0 Å². The van der Waals surface area contributed by atoms with Crippen LogP contribution in [0.15, 0.2) is 0 Å². The minimum absolute atomic E-state index is 0.194. The van der Waals surface area contributed by atoms with Gasteiger partial charge in [-0.1, -0.05) is 0 Å². The van der Waals surface area contributed by atoms with Crippen molar-refractivity contribution in [2.75, 3.05) is 20.6 Å². The van der Waals surface area contributed by atoms with Crippen molar-refractivity contribution in [1.82, 2.24) is 10.2 Å². The highest BCUT2D eigenvalue weighted by atomic mass is 16.1. The van der Waals surface area contributed by atoms with Crippen molar-refractivity contribution in [3.8, 4) is 0 Å². The van der Waals surface area contributed by atoms with Crippen molar-refractivity contribution in [3.05, 3.63) is 0 Å². The summed E-state index contributed by atoms with van der Waals surface area (Å²) in [6, 6.07) is 0.677. The van der Waals surface area contributed by atoms with E-state index in [4.69, 9.17) is 5.73 Å². The normalized spacial score (nSPS) is 25.3. The molecule has 4 heteroatoms. The molecule has 3 N–H and O–H groups in total. The van der Waals surface area contributed by atoms with E-state index < -0.39 is 5.54 Å². The van der Waals surface area contributed by atoms with E-state index in [1.54, 1.807) is 0 Å². The van der Waals surface area contributed by atoms with Gasteiger partial charge in [0.1, 0.15) is 5.54 Å². The molecule has 2 rings (SSSR count). The second kappa shape index (κ2) is 3.76. The molecule has 1 unspecified atom stereocenters. The number of carbonyl (C=O) groups excluding carboxylic acids is 1. The Morgan fingerprint density at radius 2 is 2.07 bits per heavy atom. The summed E-state index contributed by atoms with van der Waals surface area (Å²) in [4.78, 5) is 13.9. The van der Waals surface area contributed by atoms with Crippen LogP contribution in [0.25, 0.3) is 0 Å². The average Bonchev–Trinajstić information content (AvgIpc) is 3.06. The van der Waals surface area contributed by atoms with Crippen LogP contribution in [0.5, 0.6) is 0 Å². The maximum Gasteiger partial charge on any atom is 0.239 e. The molecular formula is C11H21N3O. The van der Waals surface area contributed by atoms with Crippen molar-refractivity contribution < 1.29 is 4.79 Å². The highest BCUT2D eigenvalue weighted by Crippen LogP contribution is 2.41. The molecule has 0 bridgehead atoms. The molecule has 0 aliphatic heterocycles. The quantitative estimate of drug-likeness (QED) is 0.647. The molecule has 15 heavy (non-hydrogen) atoms. The summed E-state index contributed by atoms with van der Waals surface area (Å²) in [5, 5.41) is 3.17. The van der Waals surface area contributed by atoms with Gasteiger partial charge in [-0.2, -0.15) is 0 Å². The van der Waals surface area contributed by atoms with Gasteiger partial charge in [-0.25, -0.2) is 0 Å². The number of nitrogens with one attached hydrogen (secondary N) is 1. The fourth-order valence-electron chi connectivity index (χ4n) is 2.43. The Morgan fingerprint density at radius 1 is 1.47 bits per heavy atom. The molecule has 0 radical (unpaired) electrons. The molecular weight excluding hydrogens is 190 g/mol. The van der Waals surface area contributed by atoms with Crippen LogP contribution in [0.4, 0.5) is 0 Å². The smallest absolute Gasteiger partial charge is 0.239 e. The van der Waals surface area contributed by atoms with E-state index in [0.717, 1.165) is 19.4 Å². The SMILES string of the molecule is CNC(CN(C)C1CC1)(C(N)=O)C1CC1. The van der Waals surface area contributed by atoms with Gasteiger partial charge in [-0.05, 0) is 45.7 Å². The Bertz CT molecular complexity index is 261. The monoisotopic (exact) mass is 211 g/mol. The van der Waals surface area contributed by atoms with Crippen molar-refractivity contribution in [1.29, 1.82) is 0 Å². The van der Waals surface area contributed by atoms with Crippen LogP contribution in [0, 0.1) is 5.92 Å². The number of likely N-dealkylation sites (N-methyl/N-ethyl adjacent to an activating group) is 2. The first kappa shape index (κ1) is 10.9. The first-order chi connectivity index (χ1) is 7.10. The summed E-state index contributed by atoms with van der Waals surface area (Å²) in [5.74, 6) is 0.251. The first-order valence-corrected chi connectivity index (χ1v) is 5.79. The zero-order valence-electron chi connectivity index (χ0n) is 9.62. The Kier molecular flexibility index (Phi) is 2.73. The molecule has 0 aromatic rings. The molecule has 2 fully saturated rings. The highest BCUT2D eigenvalue weighted by molar-refractivity contribution is 5.86. The van der Waals surface area contributed by atoms with E-state index in [2.05, 4.69) is 17.3 Å². The summed E-state index contributed by atoms with van der Waals surface area (Å²) < 4.78 is 0. The lowest BCUT2D eigenvalue weighted by Gasteiger charge is -2.34. The largest absolute Gasteiger partial charge is 0.368 e. The summed E-state index contributed by atoms with van der Waals surface area (Å²) in [6.07, 6.45) is 4.78. The molecule has 2 aliphatic carbocycles. The summed E-state index contributed by atoms with van der Waals surface area (Å²) in [6.45, 7) is 0.758. The number of nitrogens with zero attached hydrogens (tertiary/aromatic N) is 1. The fraction of sp³-hybridized carbons (Fsp3) is 0.909. The highest BCUT2D eigenvalue weighted by Gasteiger charge is 2.50. The Balaban J connectivity index is 2.05. The average molecular weight is 211 g/mol. The Morgan fingerprint density at radius 3 is 2.40 bits per heavy atom. The van der Waals surface area contributed by atoms with E-state index in [1.807, 2.05) is 7.05 Å². The van der Waals surface area contributed by atoms with Crippen LogP contribution in [0.1, 0.15) is 25.7 Å². The number of nitrogens with two attached hydrogens (primary N) is 1. The molecule has 1 amide bonds. The van der Waals surface area contributed by atoms with Crippen LogP contribution in [0.3, 0.4) is 0 Å². The van der Waals surface area contributed by atoms with Crippen LogP contribution in [0.2, 0.25) is 0 Å². The van der Waals surface area contributed by atoms with Crippen LogP contribution in [-0.4, -0.2) is 43.0 Å². The predicted octanol–water partition coefficient (Wildman–Crippen LogP) is -0.0659. The lowest BCUT2D eigenvalue weighted by molar-refractivity contribution is -0.126. The summed E-state index contributed by atoms with van der Waals surface area (Å²) in [7, 11) is 3.94. The molecule has 0 aromatic carbocycles. The van der Waals surface area contributed by atoms with Gasteiger partial charge in [0.15, 0.2) is 0 Å². The van der Waals surface area contributed by atoms with Gasteiger partial charge in [0.25, 0.3) is 0 Å². The number of carbonyl (C=O) groups is 1. The van der Waals surface area contributed by atoms with E-state index >= 15 is 0 Å². The van der Waals surface area contributed by atoms with Gasteiger partial charge in [0, 0.05) is 12.6 Å². The van der Waals surface area contributed by atoms with Gasteiger partial charge in [-0.3, -0.25) is 4.79 Å². The topological polar surface area (TPSA) is 58.4 Å². The van der Waals surface area contributed by atoms with Gasteiger partial charge < -0.3 is 16.0 Å². The number of primary amides is 1. The van der Waals surface area contributed by atoms with E-state index in [0.29, 0.717) is 12.0 Å². The molecule has 1 atom stereocenters. The van der Waals surface area contributed by atoms with Crippen LogP contribution in [-0.2, 0) is 4.79 Å². The van der Waals surface area contributed by atoms with Crippen molar-refractivity contribution in [2.45, 2.75) is 37.3 Å². The Labute approximate surface area is 91.2 Å². The van der Waals surface area contributed by atoms with Gasteiger partial charge >= 0.3 is 0 Å². The maximum absolute atomic E-state index is 11.6. The summed E-state index contributed by atoms with van der Waals surface area (Å²) >= 11 is 0. The maximum atomic E-state index is 11.6. The molecule has 0 heterocycles. The van der Waals surface area contributed by atoms with Crippen molar-refractivity contribution in [3.63, 3.8) is 0 Å². The van der Waals surface area contributed by atoms with E-state index in [1.165, 1.54) is 12.8 Å². The zero-order chi connectivity index (χ0) is 11.1. The van der Waals surface area contributed by atoms with E-state index in [-0.39, 0.29) is 5.91 Å². The lowest BCUT2D eigenvalue weighted by atomic mass is 9.91. The number of hydrogen-bond acceptors (Lipinski definition) is 3. The standard InChI is InChI=1S/C11H21N3O/c1-13-11(10(12)15,8-3-4-8)7-14(2)9-5-6-9/h8-9,13H,3-7H2,1-2H3,(H2,12,15). The van der Waals surface area contributed by atoms with Crippen LogP contribution >= 0.6 is 0 Å². The molecule has 0 spiro atoms. The zero-order valence-corrected chi connectivity index (χ0v) is 9.62. The minimum Gasteiger partial charge on any atom is -0.368 e. The predicted molar refractivity (Wildman–Crippen MR) is 59.4 cm³/mol. The molecule has 2 aliphatic rings. The summed E-state index contributed by atoms with van der Waals surface area (Å²) in [5.41, 5.74) is 5.08. The van der Waals surface area contributed by atoms with Crippen molar-refractivity contribution >= 4 is 5.91 Å². The van der Waals surface area contributed by atoms with E-state index in [9.17, 15) is 4.79 Å². The molecule has 2 saturated carbocycles. The first-order valence-electron chi connectivity index (χ1n) is 5.79. The lowest BCUT2D eigenvalue weighted by Crippen LogP contribution is -2.61. The molecule has 4 nitrogen and oxygen atoms in total. The van der Waals surface area contributed by atoms with Crippen LogP contribution < -0.4 is 11.1 Å². The van der Waals surface area contributed by atoms with Gasteiger partial charge in [-0.15, -0.1) is 0 Å². The third kappa shape index (κ3) is 2.01. The number of hydrogen-bond donors (Lipinski definition) is 2. The second-order valence-corrected chi connectivity index (χ2v) is 5.01. The molecule has 86 valence electrons. The minimum atomic E-state index is -0.489. The third-order valence-electron chi connectivity index (χ3n) is 3.83. The van der Waals surface area contributed by atoms with Crippen molar-refractivity contribution in [2.24, 2.45) is 11.7 Å². The molecule has 0 aromatic heterocycles. The number of amides is 1.